The monoisotopic (exact) mass is 240 g/mol. The van der Waals surface area contributed by atoms with E-state index in [9.17, 15) is 0 Å². The van der Waals surface area contributed by atoms with Crippen LogP contribution in [0, 0.1) is 5.41 Å². The van der Waals surface area contributed by atoms with Crippen LogP contribution in [-0.2, 0) is 0 Å². The molecule has 1 unspecified atom stereocenters. The summed E-state index contributed by atoms with van der Waals surface area (Å²) in [5, 5.41) is 6.18. The smallest absolute Gasteiger partial charge is 0.0437 e. The normalized spacial score (nSPS) is 22.2. The Labute approximate surface area is 108 Å². The molecule has 2 heteroatoms. The lowest BCUT2D eigenvalue weighted by atomic mass is 9.92. The molecule has 1 aromatic heterocycles. The molecule has 2 nitrogen and oxygen atoms in total. The number of aromatic nitrogens is 1. The van der Waals surface area contributed by atoms with Crippen molar-refractivity contribution >= 4 is 16.5 Å². The van der Waals surface area contributed by atoms with Crippen molar-refractivity contribution in [2.24, 2.45) is 5.41 Å². The molecular weight excluding hydrogens is 220 g/mol. The summed E-state index contributed by atoms with van der Waals surface area (Å²) >= 11 is 0. The molecule has 0 amide bonds. The van der Waals surface area contributed by atoms with Gasteiger partial charge in [-0.1, -0.05) is 26.0 Å². The predicted molar refractivity (Wildman–Crippen MR) is 76.8 cm³/mol. The average molecular weight is 240 g/mol. The van der Waals surface area contributed by atoms with E-state index < -0.39 is 0 Å². The zero-order valence-electron chi connectivity index (χ0n) is 11.1. The average Bonchev–Trinajstić information content (AvgIpc) is 2.69. The van der Waals surface area contributed by atoms with Crippen LogP contribution in [-0.4, -0.2) is 11.0 Å². The number of pyridine rings is 1. The van der Waals surface area contributed by atoms with Gasteiger partial charge in [-0.15, -0.1) is 0 Å². The molecule has 18 heavy (non-hydrogen) atoms. The van der Waals surface area contributed by atoms with Crippen molar-refractivity contribution in [3.05, 3.63) is 36.7 Å². The lowest BCUT2D eigenvalue weighted by molar-refractivity contribution is 0.378. The van der Waals surface area contributed by atoms with Crippen molar-refractivity contribution in [2.75, 3.05) is 5.32 Å². The van der Waals surface area contributed by atoms with E-state index in [0.717, 1.165) is 0 Å². The number of hydrogen-bond donors (Lipinski definition) is 1. The van der Waals surface area contributed by atoms with Crippen LogP contribution >= 0.6 is 0 Å². The Morgan fingerprint density at radius 3 is 2.94 bits per heavy atom. The van der Waals surface area contributed by atoms with Crippen molar-refractivity contribution in [1.29, 1.82) is 0 Å². The van der Waals surface area contributed by atoms with Gasteiger partial charge >= 0.3 is 0 Å². The highest BCUT2D eigenvalue weighted by Crippen LogP contribution is 2.38. The van der Waals surface area contributed by atoms with Crippen molar-refractivity contribution in [3.8, 4) is 0 Å². The van der Waals surface area contributed by atoms with Crippen LogP contribution in [0.5, 0.6) is 0 Å². The summed E-state index contributed by atoms with van der Waals surface area (Å²) in [6.07, 6.45) is 7.64. The highest BCUT2D eigenvalue weighted by Gasteiger charge is 2.30. The lowest BCUT2D eigenvalue weighted by Gasteiger charge is -2.19. The Morgan fingerprint density at radius 1 is 1.28 bits per heavy atom. The van der Waals surface area contributed by atoms with E-state index in [4.69, 9.17) is 0 Å². The van der Waals surface area contributed by atoms with Crippen LogP contribution in [0.25, 0.3) is 10.8 Å². The van der Waals surface area contributed by atoms with Crippen molar-refractivity contribution in [2.45, 2.75) is 39.2 Å². The third-order valence-corrected chi connectivity index (χ3v) is 4.01. The van der Waals surface area contributed by atoms with Gasteiger partial charge in [-0.25, -0.2) is 0 Å². The van der Waals surface area contributed by atoms with Crippen molar-refractivity contribution in [3.63, 3.8) is 0 Å². The summed E-state index contributed by atoms with van der Waals surface area (Å²) in [4.78, 5) is 4.24. The van der Waals surface area contributed by atoms with E-state index in [1.807, 2.05) is 12.4 Å². The molecule has 1 saturated carbocycles. The number of anilines is 1. The maximum absolute atomic E-state index is 4.24. The second-order valence-electron chi connectivity index (χ2n) is 6.15. The minimum Gasteiger partial charge on any atom is -0.382 e. The first-order valence-corrected chi connectivity index (χ1v) is 6.73. The molecule has 0 saturated heterocycles. The summed E-state index contributed by atoms with van der Waals surface area (Å²) in [5.74, 6) is 0. The molecule has 94 valence electrons. The molecule has 1 aliphatic rings. The standard InChI is InChI=1S/C16H20N2/c1-16(2)8-6-13(10-16)18-15-5-3-4-12-7-9-17-11-14(12)15/h3-5,7,9,11,13,18H,6,8,10H2,1-2H3. The minimum absolute atomic E-state index is 0.487. The van der Waals surface area contributed by atoms with Gasteiger partial charge in [0.05, 0.1) is 0 Å². The Morgan fingerprint density at radius 2 is 2.17 bits per heavy atom. The third-order valence-electron chi connectivity index (χ3n) is 4.01. The second kappa shape index (κ2) is 4.27. The van der Waals surface area contributed by atoms with Crippen molar-refractivity contribution < 1.29 is 0 Å². The number of hydrogen-bond acceptors (Lipinski definition) is 2. The third kappa shape index (κ3) is 2.20. The van der Waals surface area contributed by atoms with Gasteiger partial charge in [-0.3, -0.25) is 4.98 Å². The Kier molecular flexibility index (Phi) is 2.73. The van der Waals surface area contributed by atoms with E-state index in [2.05, 4.69) is 48.4 Å². The fraction of sp³-hybridized carbons (Fsp3) is 0.438. The molecule has 1 atom stereocenters. The molecule has 0 spiro atoms. The van der Waals surface area contributed by atoms with Crippen LogP contribution in [0.3, 0.4) is 0 Å². The van der Waals surface area contributed by atoms with E-state index >= 15 is 0 Å². The molecule has 1 aromatic carbocycles. The number of benzene rings is 1. The van der Waals surface area contributed by atoms with Crippen LogP contribution in [0.4, 0.5) is 5.69 Å². The largest absolute Gasteiger partial charge is 0.382 e. The minimum atomic E-state index is 0.487. The SMILES string of the molecule is CC1(C)CCC(Nc2cccc3ccncc23)C1. The van der Waals surface area contributed by atoms with E-state index in [0.29, 0.717) is 11.5 Å². The lowest BCUT2D eigenvalue weighted by Crippen LogP contribution is -2.17. The fourth-order valence-electron chi connectivity index (χ4n) is 3.02. The highest BCUT2D eigenvalue weighted by atomic mass is 14.9. The highest BCUT2D eigenvalue weighted by molar-refractivity contribution is 5.93. The predicted octanol–water partition coefficient (Wildman–Crippen LogP) is 4.23. The molecule has 1 heterocycles. The zero-order valence-corrected chi connectivity index (χ0v) is 11.1. The van der Waals surface area contributed by atoms with E-state index in [1.54, 1.807) is 0 Å². The van der Waals surface area contributed by atoms with Gasteiger partial charge in [0.15, 0.2) is 0 Å². The number of rotatable bonds is 2. The first-order valence-electron chi connectivity index (χ1n) is 6.73. The first-order chi connectivity index (χ1) is 8.64. The topological polar surface area (TPSA) is 24.9 Å². The van der Waals surface area contributed by atoms with Gasteiger partial charge in [-0.05, 0) is 42.2 Å². The summed E-state index contributed by atoms with van der Waals surface area (Å²) in [6, 6.07) is 9.09. The summed E-state index contributed by atoms with van der Waals surface area (Å²) in [6.45, 7) is 4.72. The molecule has 1 N–H and O–H groups in total. The fourth-order valence-corrected chi connectivity index (χ4v) is 3.02. The molecule has 1 fully saturated rings. The molecule has 3 rings (SSSR count). The van der Waals surface area contributed by atoms with Gasteiger partial charge in [0.2, 0.25) is 0 Å². The maximum atomic E-state index is 4.24. The Hall–Kier alpha value is -1.57. The Bertz CT molecular complexity index is 555. The van der Waals surface area contributed by atoms with Crippen LogP contribution in [0.15, 0.2) is 36.7 Å². The first kappa shape index (κ1) is 11.5. The van der Waals surface area contributed by atoms with Crippen LogP contribution in [0.1, 0.15) is 33.1 Å². The van der Waals surface area contributed by atoms with Gasteiger partial charge in [-0.2, -0.15) is 0 Å². The van der Waals surface area contributed by atoms with E-state index in [1.165, 1.54) is 35.7 Å². The number of nitrogens with zero attached hydrogens (tertiary/aromatic N) is 1. The summed E-state index contributed by atoms with van der Waals surface area (Å²) in [5.41, 5.74) is 1.71. The number of nitrogens with one attached hydrogen (secondary N) is 1. The van der Waals surface area contributed by atoms with Crippen LogP contribution < -0.4 is 5.32 Å². The quantitative estimate of drug-likeness (QED) is 0.850. The molecular formula is C16H20N2. The Balaban J connectivity index is 1.87. The summed E-state index contributed by atoms with van der Waals surface area (Å²) < 4.78 is 0. The molecule has 2 aromatic rings. The molecule has 1 aliphatic carbocycles. The van der Waals surface area contributed by atoms with Gasteiger partial charge in [0.25, 0.3) is 0 Å². The molecule has 0 radical (unpaired) electrons. The molecule has 0 aliphatic heterocycles. The van der Waals surface area contributed by atoms with E-state index in [-0.39, 0.29) is 0 Å². The van der Waals surface area contributed by atoms with Gasteiger partial charge < -0.3 is 5.32 Å². The van der Waals surface area contributed by atoms with Crippen LogP contribution in [0.2, 0.25) is 0 Å². The second-order valence-corrected chi connectivity index (χ2v) is 6.15. The molecule has 0 bridgehead atoms. The van der Waals surface area contributed by atoms with Gasteiger partial charge in [0, 0.05) is 29.5 Å². The number of fused-ring (bicyclic) bond motifs is 1. The van der Waals surface area contributed by atoms with Gasteiger partial charge in [0.1, 0.15) is 0 Å². The zero-order chi connectivity index (χ0) is 12.6. The van der Waals surface area contributed by atoms with Crippen molar-refractivity contribution in [1.82, 2.24) is 4.98 Å². The summed E-state index contributed by atoms with van der Waals surface area (Å²) in [7, 11) is 0. The maximum Gasteiger partial charge on any atom is 0.0437 e.